The van der Waals surface area contributed by atoms with E-state index in [1.54, 1.807) is 6.07 Å². The van der Waals surface area contributed by atoms with Crippen LogP contribution in [-0.4, -0.2) is 16.2 Å². The molecule has 0 atom stereocenters. The number of thioether (sulfide) groups is 1. The van der Waals surface area contributed by atoms with E-state index in [2.05, 4.69) is 34.3 Å². The van der Waals surface area contributed by atoms with Crippen LogP contribution < -0.4 is 5.32 Å². The number of aromatic nitrogens is 2. The summed E-state index contributed by atoms with van der Waals surface area (Å²) in [5.74, 6) is 0.715. The smallest absolute Gasteiger partial charge is 0.190 e. The van der Waals surface area contributed by atoms with Crippen LogP contribution in [0, 0.1) is 0 Å². The first-order valence-corrected chi connectivity index (χ1v) is 7.26. The third kappa shape index (κ3) is 3.37. The van der Waals surface area contributed by atoms with Crippen molar-refractivity contribution in [2.24, 2.45) is 0 Å². The van der Waals surface area contributed by atoms with Crippen molar-refractivity contribution in [3.8, 4) is 0 Å². The van der Waals surface area contributed by atoms with Gasteiger partial charge in [-0.05, 0) is 30.4 Å². The Hall–Kier alpha value is -1.26. The molecular formula is C13H14ClN3S. The van der Waals surface area contributed by atoms with Gasteiger partial charge in [-0.1, -0.05) is 42.4 Å². The van der Waals surface area contributed by atoms with Gasteiger partial charge in [0.2, 0.25) is 0 Å². The zero-order valence-electron chi connectivity index (χ0n) is 10.3. The average molecular weight is 280 g/mol. The van der Waals surface area contributed by atoms with Crippen LogP contribution in [0.3, 0.4) is 0 Å². The highest BCUT2D eigenvalue weighted by molar-refractivity contribution is 7.98. The Kier molecular flexibility index (Phi) is 4.44. The molecule has 3 nitrogen and oxygen atoms in total. The van der Waals surface area contributed by atoms with Gasteiger partial charge in [-0.25, -0.2) is 9.97 Å². The molecule has 2 rings (SSSR count). The summed E-state index contributed by atoms with van der Waals surface area (Å²) in [4.78, 5) is 8.46. The summed E-state index contributed by atoms with van der Waals surface area (Å²) in [7, 11) is 0. The van der Waals surface area contributed by atoms with Gasteiger partial charge in [-0.15, -0.1) is 0 Å². The fraction of sp³-hybridized carbons (Fsp3) is 0.231. The van der Waals surface area contributed by atoms with Crippen molar-refractivity contribution in [2.45, 2.75) is 18.5 Å². The number of aryl methyl sites for hydroxylation is 1. The predicted molar refractivity (Wildman–Crippen MR) is 77.9 cm³/mol. The molecule has 18 heavy (non-hydrogen) atoms. The fourth-order valence-electron chi connectivity index (χ4n) is 1.57. The van der Waals surface area contributed by atoms with Gasteiger partial charge in [0.1, 0.15) is 11.0 Å². The summed E-state index contributed by atoms with van der Waals surface area (Å²) < 4.78 is 0. The van der Waals surface area contributed by atoms with Crippen molar-refractivity contribution in [2.75, 3.05) is 11.6 Å². The standard InChI is InChI=1S/C13H14ClN3S/c1-3-9-5-4-6-10(7-9)15-12-8-11(14)16-13(17-12)18-2/h4-8H,3H2,1-2H3,(H,15,16,17). The molecule has 1 aromatic heterocycles. The van der Waals surface area contributed by atoms with Crippen LogP contribution in [0.25, 0.3) is 0 Å². The topological polar surface area (TPSA) is 37.8 Å². The summed E-state index contributed by atoms with van der Waals surface area (Å²) in [5.41, 5.74) is 2.29. The molecule has 0 fully saturated rings. The summed E-state index contributed by atoms with van der Waals surface area (Å²) in [5, 5.41) is 4.36. The lowest BCUT2D eigenvalue weighted by Gasteiger charge is -2.08. The van der Waals surface area contributed by atoms with Crippen LogP contribution >= 0.6 is 23.4 Å². The van der Waals surface area contributed by atoms with E-state index in [9.17, 15) is 0 Å². The van der Waals surface area contributed by atoms with Crippen LogP contribution in [-0.2, 0) is 6.42 Å². The van der Waals surface area contributed by atoms with Crippen molar-refractivity contribution >= 4 is 34.9 Å². The van der Waals surface area contributed by atoms with Crippen molar-refractivity contribution in [1.82, 2.24) is 9.97 Å². The molecule has 1 heterocycles. The van der Waals surface area contributed by atoms with Crippen LogP contribution in [0.15, 0.2) is 35.5 Å². The minimum Gasteiger partial charge on any atom is -0.340 e. The molecule has 0 aliphatic heterocycles. The fourth-order valence-corrected chi connectivity index (χ4v) is 2.18. The Morgan fingerprint density at radius 1 is 1.28 bits per heavy atom. The summed E-state index contributed by atoms with van der Waals surface area (Å²) in [6.45, 7) is 2.13. The van der Waals surface area contributed by atoms with Gasteiger partial charge in [-0.3, -0.25) is 0 Å². The highest BCUT2D eigenvalue weighted by Gasteiger charge is 2.03. The molecule has 0 radical (unpaired) electrons. The van der Waals surface area contributed by atoms with Crippen molar-refractivity contribution in [1.29, 1.82) is 0 Å². The largest absolute Gasteiger partial charge is 0.340 e. The number of benzene rings is 1. The minimum atomic E-state index is 0.448. The van der Waals surface area contributed by atoms with E-state index < -0.39 is 0 Å². The van der Waals surface area contributed by atoms with E-state index in [1.165, 1.54) is 17.3 Å². The second kappa shape index (κ2) is 6.07. The molecule has 0 saturated carbocycles. The maximum absolute atomic E-state index is 5.95. The zero-order valence-corrected chi connectivity index (χ0v) is 11.8. The number of hydrogen-bond acceptors (Lipinski definition) is 4. The first-order valence-electron chi connectivity index (χ1n) is 5.66. The molecular weight excluding hydrogens is 266 g/mol. The Morgan fingerprint density at radius 3 is 2.83 bits per heavy atom. The van der Waals surface area contributed by atoms with Crippen molar-refractivity contribution < 1.29 is 0 Å². The summed E-state index contributed by atoms with van der Waals surface area (Å²) >= 11 is 7.42. The lowest BCUT2D eigenvalue weighted by atomic mass is 10.1. The minimum absolute atomic E-state index is 0.448. The Labute approximate surface area is 116 Å². The van der Waals surface area contributed by atoms with Gasteiger partial charge in [-0.2, -0.15) is 0 Å². The van der Waals surface area contributed by atoms with E-state index in [-0.39, 0.29) is 0 Å². The molecule has 0 bridgehead atoms. The van der Waals surface area contributed by atoms with Gasteiger partial charge in [0, 0.05) is 11.8 Å². The first kappa shape index (κ1) is 13.2. The molecule has 94 valence electrons. The molecule has 0 spiro atoms. The first-order chi connectivity index (χ1) is 8.71. The van der Waals surface area contributed by atoms with Gasteiger partial charge < -0.3 is 5.32 Å². The Balaban J connectivity index is 2.24. The van der Waals surface area contributed by atoms with Crippen LogP contribution in [0.4, 0.5) is 11.5 Å². The number of nitrogens with one attached hydrogen (secondary N) is 1. The van der Waals surface area contributed by atoms with Gasteiger partial charge in [0.25, 0.3) is 0 Å². The van der Waals surface area contributed by atoms with Crippen LogP contribution in [0.5, 0.6) is 0 Å². The zero-order chi connectivity index (χ0) is 13.0. The van der Waals surface area contributed by atoms with Gasteiger partial charge in [0.15, 0.2) is 5.16 Å². The van der Waals surface area contributed by atoms with E-state index >= 15 is 0 Å². The normalized spacial score (nSPS) is 10.4. The highest BCUT2D eigenvalue weighted by atomic mass is 35.5. The second-order valence-corrected chi connectivity index (χ2v) is 4.90. The Bertz CT molecular complexity index is 546. The molecule has 0 unspecified atom stereocenters. The number of halogens is 1. The number of anilines is 2. The van der Waals surface area contributed by atoms with E-state index in [1.807, 2.05) is 18.4 Å². The van der Waals surface area contributed by atoms with Crippen molar-refractivity contribution in [3.63, 3.8) is 0 Å². The lowest BCUT2D eigenvalue weighted by Crippen LogP contribution is -1.97. The molecule has 0 aliphatic carbocycles. The average Bonchev–Trinajstić information content (AvgIpc) is 2.38. The number of nitrogens with zero attached hydrogens (tertiary/aromatic N) is 2. The molecule has 1 N–H and O–H groups in total. The number of rotatable bonds is 4. The van der Waals surface area contributed by atoms with Gasteiger partial charge >= 0.3 is 0 Å². The number of hydrogen-bond donors (Lipinski definition) is 1. The van der Waals surface area contributed by atoms with Crippen molar-refractivity contribution in [3.05, 3.63) is 41.0 Å². The molecule has 0 saturated heterocycles. The molecule has 5 heteroatoms. The SMILES string of the molecule is CCc1cccc(Nc2cc(Cl)nc(SC)n2)c1. The quantitative estimate of drug-likeness (QED) is 0.518. The molecule has 0 aliphatic rings. The van der Waals surface area contributed by atoms with Crippen LogP contribution in [0.1, 0.15) is 12.5 Å². The summed E-state index contributed by atoms with van der Waals surface area (Å²) in [6.07, 6.45) is 2.93. The van der Waals surface area contributed by atoms with E-state index in [0.717, 1.165) is 12.1 Å². The molecule has 2 aromatic rings. The lowest BCUT2D eigenvalue weighted by molar-refractivity contribution is 0.976. The third-order valence-electron chi connectivity index (χ3n) is 2.46. The monoisotopic (exact) mass is 279 g/mol. The highest BCUT2D eigenvalue weighted by Crippen LogP contribution is 2.21. The van der Waals surface area contributed by atoms with Gasteiger partial charge in [0.05, 0.1) is 0 Å². The maximum Gasteiger partial charge on any atom is 0.190 e. The Morgan fingerprint density at radius 2 is 2.11 bits per heavy atom. The maximum atomic E-state index is 5.95. The third-order valence-corrected chi connectivity index (χ3v) is 3.21. The molecule has 0 amide bonds. The predicted octanol–water partition coefficient (Wildman–Crippen LogP) is 4.16. The molecule has 1 aromatic carbocycles. The van der Waals surface area contributed by atoms with Crippen LogP contribution in [0.2, 0.25) is 5.15 Å². The van der Waals surface area contributed by atoms with E-state index in [4.69, 9.17) is 11.6 Å². The summed E-state index contributed by atoms with van der Waals surface area (Å²) in [6, 6.07) is 9.97. The second-order valence-electron chi connectivity index (χ2n) is 3.74. The van der Waals surface area contributed by atoms with E-state index in [0.29, 0.717) is 16.1 Å².